The Balaban J connectivity index is 1.55. The minimum atomic E-state index is -3.91. The Hall–Kier alpha value is -4.12. The van der Waals surface area contributed by atoms with E-state index in [1.807, 2.05) is 58.0 Å². The molecule has 0 fully saturated rings. The predicted molar refractivity (Wildman–Crippen MR) is 181 cm³/mol. The SMILES string of the molecule is CCc1coc(CN(C)C(=O)c2cccc(C(=O)C[C@@H](Cc3ccccc3)[C@H](O)CN(CC(C)C)S(=O)(=O)c3ccc(C)cc3)c2)n1. The van der Waals surface area contributed by atoms with Crippen molar-refractivity contribution < 1.29 is 27.5 Å². The lowest BCUT2D eigenvalue weighted by molar-refractivity contribution is 0.0689. The van der Waals surface area contributed by atoms with Crippen LogP contribution in [0.3, 0.4) is 0 Å². The Morgan fingerprint density at radius 2 is 1.62 bits per heavy atom. The lowest BCUT2D eigenvalue weighted by atomic mass is 9.87. The largest absolute Gasteiger partial charge is 0.447 e. The van der Waals surface area contributed by atoms with E-state index in [0.29, 0.717) is 23.4 Å². The molecule has 47 heavy (non-hydrogen) atoms. The van der Waals surface area contributed by atoms with Crippen molar-refractivity contribution in [2.75, 3.05) is 20.1 Å². The first-order valence-corrected chi connectivity index (χ1v) is 17.4. The number of aliphatic hydroxyl groups is 1. The fourth-order valence-corrected chi connectivity index (χ4v) is 7.04. The van der Waals surface area contributed by atoms with Gasteiger partial charge in [0.2, 0.25) is 15.9 Å². The highest BCUT2D eigenvalue weighted by atomic mass is 32.2. The van der Waals surface area contributed by atoms with Gasteiger partial charge in [-0.3, -0.25) is 9.59 Å². The molecule has 1 amide bonds. The second-order valence-electron chi connectivity index (χ2n) is 12.5. The summed E-state index contributed by atoms with van der Waals surface area (Å²) in [6, 6.07) is 22.7. The second-order valence-corrected chi connectivity index (χ2v) is 14.4. The van der Waals surface area contributed by atoms with E-state index in [2.05, 4.69) is 4.98 Å². The maximum atomic E-state index is 13.7. The first-order chi connectivity index (χ1) is 22.4. The zero-order valence-electron chi connectivity index (χ0n) is 27.8. The number of amides is 1. The summed E-state index contributed by atoms with van der Waals surface area (Å²) >= 11 is 0. The molecule has 0 aliphatic rings. The van der Waals surface area contributed by atoms with Crippen LogP contribution >= 0.6 is 0 Å². The molecule has 10 heteroatoms. The molecule has 0 saturated carbocycles. The van der Waals surface area contributed by atoms with E-state index in [0.717, 1.165) is 23.2 Å². The van der Waals surface area contributed by atoms with Crippen molar-refractivity contribution in [3.63, 3.8) is 0 Å². The molecule has 1 N–H and O–H groups in total. The highest BCUT2D eigenvalue weighted by molar-refractivity contribution is 7.89. The summed E-state index contributed by atoms with van der Waals surface area (Å²) in [4.78, 5) is 33.0. The van der Waals surface area contributed by atoms with Gasteiger partial charge in [0.05, 0.1) is 23.2 Å². The third-order valence-electron chi connectivity index (χ3n) is 8.06. The van der Waals surface area contributed by atoms with Crippen LogP contribution in [-0.2, 0) is 29.4 Å². The van der Waals surface area contributed by atoms with E-state index in [-0.39, 0.29) is 48.6 Å². The molecular formula is C37H45N3O6S. The topological polar surface area (TPSA) is 121 Å². The number of aliphatic hydroxyl groups excluding tert-OH is 1. The highest BCUT2D eigenvalue weighted by Gasteiger charge is 2.32. The third kappa shape index (κ3) is 9.70. The average Bonchev–Trinajstić information content (AvgIpc) is 3.51. The molecule has 3 aromatic carbocycles. The number of nitrogens with zero attached hydrogens (tertiary/aromatic N) is 3. The number of carbonyl (C=O) groups excluding carboxylic acids is 2. The number of ketones is 1. The molecule has 0 radical (unpaired) electrons. The predicted octanol–water partition coefficient (Wildman–Crippen LogP) is 5.96. The summed E-state index contributed by atoms with van der Waals surface area (Å²) in [5, 5.41) is 11.6. The minimum absolute atomic E-state index is 0.00676. The molecule has 1 heterocycles. The van der Waals surface area contributed by atoms with Crippen LogP contribution in [0.2, 0.25) is 0 Å². The smallest absolute Gasteiger partial charge is 0.254 e. The fraction of sp³-hybridized carbons (Fsp3) is 0.378. The van der Waals surface area contributed by atoms with Gasteiger partial charge in [0, 0.05) is 37.7 Å². The number of hydrogen-bond acceptors (Lipinski definition) is 7. The number of carbonyl (C=O) groups is 2. The fourth-order valence-electron chi connectivity index (χ4n) is 5.42. The first kappa shape index (κ1) is 35.7. The molecule has 0 bridgehead atoms. The monoisotopic (exact) mass is 659 g/mol. The number of aromatic nitrogens is 1. The minimum Gasteiger partial charge on any atom is -0.447 e. The molecular weight excluding hydrogens is 614 g/mol. The van der Waals surface area contributed by atoms with E-state index in [1.54, 1.807) is 61.8 Å². The molecule has 0 aliphatic carbocycles. The lowest BCUT2D eigenvalue weighted by Crippen LogP contribution is -2.43. The molecule has 2 atom stereocenters. The summed E-state index contributed by atoms with van der Waals surface area (Å²) in [6.07, 6.45) is 1.49. The number of benzene rings is 3. The Morgan fingerprint density at radius 3 is 2.26 bits per heavy atom. The van der Waals surface area contributed by atoms with E-state index in [1.165, 1.54) is 9.21 Å². The van der Waals surface area contributed by atoms with Crippen LogP contribution in [0.15, 0.2) is 94.4 Å². The van der Waals surface area contributed by atoms with Crippen LogP contribution in [0, 0.1) is 18.8 Å². The van der Waals surface area contributed by atoms with Crippen molar-refractivity contribution in [2.24, 2.45) is 11.8 Å². The number of aryl methyl sites for hydroxylation is 2. The summed E-state index contributed by atoms with van der Waals surface area (Å²) in [7, 11) is -2.26. The average molecular weight is 660 g/mol. The van der Waals surface area contributed by atoms with Gasteiger partial charge in [-0.1, -0.05) is 80.9 Å². The van der Waals surface area contributed by atoms with Crippen molar-refractivity contribution in [1.29, 1.82) is 0 Å². The number of hydrogen-bond donors (Lipinski definition) is 1. The van der Waals surface area contributed by atoms with E-state index in [4.69, 9.17) is 4.42 Å². The van der Waals surface area contributed by atoms with Crippen molar-refractivity contribution >= 4 is 21.7 Å². The summed E-state index contributed by atoms with van der Waals surface area (Å²) < 4.78 is 34.2. The van der Waals surface area contributed by atoms with Crippen molar-refractivity contribution in [3.05, 3.63) is 119 Å². The Morgan fingerprint density at radius 1 is 0.936 bits per heavy atom. The van der Waals surface area contributed by atoms with Crippen LogP contribution in [-0.4, -0.2) is 65.6 Å². The molecule has 9 nitrogen and oxygen atoms in total. The Labute approximate surface area is 278 Å². The van der Waals surface area contributed by atoms with E-state index in [9.17, 15) is 23.1 Å². The third-order valence-corrected chi connectivity index (χ3v) is 9.91. The zero-order chi connectivity index (χ0) is 34.1. The van der Waals surface area contributed by atoms with Crippen LogP contribution in [0.25, 0.3) is 0 Å². The number of Topliss-reactive ketones (excluding diaryl/α,β-unsaturated/α-hetero) is 1. The van der Waals surface area contributed by atoms with Crippen molar-refractivity contribution in [2.45, 2.75) is 64.5 Å². The number of sulfonamides is 1. The van der Waals surface area contributed by atoms with E-state index < -0.39 is 22.0 Å². The summed E-state index contributed by atoms with van der Waals surface area (Å²) in [5.41, 5.74) is 3.35. The maximum absolute atomic E-state index is 13.7. The number of oxazole rings is 1. The van der Waals surface area contributed by atoms with Gasteiger partial charge in [-0.05, 0) is 61.4 Å². The number of rotatable bonds is 16. The van der Waals surface area contributed by atoms with Gasteiger partial charge in [0.25, 0.3) is 5.91 Å². The molecule has 250 valence electrons. The lowest BCUT2D eigenvalue weighted by Gasteiger charge is -2.30. The van der Waals surface area contributed by atoms with Crippen LogP contribution < -0.4 is 0 Å². The van der Waals surface area contributed by atoms with Gasteiger partial charge in [0.15, 0.2) is 5.78 Å². The quantitative estimate of drug-likeness (QED) is 0.147. The van der Waals surface area contributed by atoms with Gasteiger partial charge >= 0.3 is 0 Å². The van der Waals surface area contributed by atoms with Crippen LogP contribution in [0.1, 0.15) is 70.6 Å². The van der Waals surface area contributed by atoms with Gasteiger partial charge in [-0.15, -0.1) is 0 Å². The van der Waals surface area contributed by atoms with E-state index >= 15 is 0 Å². The second kappa shape index (κ2) is 16.1. The van der Waals surface area contributed by atoms with Crippen molar-refractivity contribution in [3.8, 4) is 0 Å². The normalized spacial score (nSPS) is 13.1. The van der Waals surface area contributed by atoms with Gasteiger partial charge < -0.3 is 14.4 Å². The van der Waals surface area contributed by atoms with Gasteiger partial charge in [0.1, 0.15) is 6.26 Å². The molecule has 0 unspecified atom stereocenters. The molecule has 1 aromatic heterocycles. The summed E-state index contributed by atoms with van der Waals surface area (Å²) in [5.74, 6) is -0.694. The van der Waals surface area contributed by atoms with Crippen LogP contribution in [0.5, 0.6) is 0 Å². The molecule has 0 aliphatic heterocycles. The zero-order valence-corrected chi connectivity index (χ0v) is 28.6. The Bertz CT molecular complexity index is 1740. The standard InChI is InChI=1S/C37H45N3O6S/c1-6-32-25-46-36(38-32)24-39(5)37(43)30-14-10-13-29(20-30)34(41)21-31(19-28-11-8-7-9-12-28)35(42)23-40(22-26(2)3)47(44,45)33-17-15-27(4)16-18-33/h7-18,20,25-26,31,35,42H,6,19,21-24H2,1-5H3/t31-,35-/m1/s1. The van der Waals surface area contributed by atoms with Crippen molar-refractivity contribution in [1.82, 2.24) is 14.2 Å². The highest BCUT2D eigenvalue weighted by Crippen LogP contribution is 2.25. The molecule has 4 aromatic rings. The molecule has 0 saturated heterocycles. The molecule has 0 spiro atoms. The first-order valence-electron chi connectivity index (χ1n) is 16.0. The summed E-state index contributed by atoms with van der Waals surface area (Å²) in [6.45, 7) is 7.94. The van der Waals surface area contributed by atoms with Crippen LogP contribution in [0.4, 0.5) is 0 Å². The van der Waals surface area contributed by atoms with Gasteiger partial charge in [-0.25, -0.2) is 13.4 Å². The Kier molecular flexibility index (Phi) is 12.3. The maximum Gasteiger partial charge on any atom is 0.254 e. The van der Waals surface area contributed by atoms with Gasteiger partial charge in [-0.2, -0.15) is 4.31 Å². The molecule has 4 rings (SSSR count).